The van der Waals surface area contributed by atoms with E-state index < -0.39 is 0 Å². The molecule has 0 N–H and O–H groups in total. The van der Waals surface area contributed by atoms with E-state index >= 15 is 0 Å². The Bertz CT molecular complexity index is 457. The van der Waals surface area contributed by atoms with Crippen molar-refractivity contribution in [1.29, 1.82) is 0 Å². The summed E-state index contributed by atoms with van der Waals surface area (Å²) in [6.45, 7) is 4.94. The van der Waals surface area contributed by atoms with Gasteiger partial charge in [0.1, 0.15) is 10.8 Å². The molecule has 98 valence electrons. The zero-order chi connectivity index (χ0) is 13.3. The molecule has 6 heteroatoms. The van der Waals surface area contributed by atoms with E-state index in [0.29, 0.717) is 18.1 Å². The van der Waals surface area contributed by atoms with Crippen molar-refractivity contribution in [3.63, 3.8) is 0 Å². The Morgan fingerprint density at radius 3 is 2.56 bits per heavy atom. The van der Waals surface area contributed by atoms with Crippen molar-refractivity contribution < 1.29 is 9.53 Å². The molecular formula is C12H14Cl2N2O2. The smallest absolute Gasteiger partial charge is 0.274 e. The summed E-state index contributed by atoms with van der Waals surface area (Å²) in [6.07, 6.45) is 0.0197. The van der Waals surface area contributed by atoms with Crippen LogP contribution >= 0.6 is 23.2 Å². The average Bonchev–Trinajstić information content (AvgIpc) is 2.30. The monoisotopic (exact) mass is 288 g/mol. The van der Waals surface area contributed by atoms with Crippen LogP contribution in [0.1, 0.15) is 24.3 Å². The lowest BCUT2D eigenvalue weighted by Gasteiger charge is -2.35. The van der Waals surface area contributed by atoms with Crippen LogP contribution in [0.3, 0.4) is 0 Å². The summed E-state index contributed by atoms with van der Waals surface area (Å²) in [7, 11) is 0. The number of pyridine rings is 1. The van der Waals surface area contributed by atoms with Crippen LogP contribution in [0, 0.1) is 0 Å². The molecule has 2 unspecified atom stereocenters. The van der Waals surface area contributed by atoms with Gasteiger partial charge in [-0.15, -0.1) is 0 Å². The minimum Gasteiger partial charge on any atom is -0.372 e. The van der Waals surface area contributed by atoms with Gasteiger partial charge in [0.25, 0.3) is 5.91 Å². The first-order valence-electron chi connectivity index (χ1n) is 5.74. The number of hydrogen-bond donors (Lipinski definition) is 0. The summed E-state index contributed by atoms with van der Waals surface area (Å²) >= 11 is 11.8. The van der Waals surface area contributed by atoms with Gasteiger partial charge in [-0.3, -0.25) is 4.79 Å². The maximum Gasteiger partial charge on any atom is 0.274 e. The predicted molar refractivity (Wildman–Crippen MR) is 70.2 cm³/mol. The van der Waals surface area contributed by atoms with E-state index in [-0.39, 0.29) is 29.0 Å². The van der Waals surface area contributed by atoms with Crippen molar-refractivity contribution in [3.05, 3.63) is 28.0 Å². The quantitative estimate of drug-likeness (QED) is 0.746. The highest BCUT2D eigenvalue weighted by Gasteiger charge is 2.28. The third-order valence-electron chi connectivity index (χ3n) is 2.72. The number of nitrogens with zero attached hydrogens (tertiary/aromatic N) is 2. The fourth-order valence-corrected chi connectivity index (χ4v) is 2.40. The number of ether oxygens (including phenoxy) is 1. The summed E-state index contributed by atoms with van der Waals surface area (Å²) in [5, 5.41) is 0.577. The second-order valence-electron chi connectivity index (χ2n) is 4.43. The molecule has 1 amide bonds. The predicted octanol–water partition coefficient (Wildman–Crippen LogP) is 2.64. The molecule has 2 atom stereocenters. The van der Waals surface area contributed by atoms with Crippen molar-refractivity contribution >= 4 is 29.1 Å². The molecule has 4 nitrogen and oxygen atoms in total. The van der Waals surface area contributed by atoms with Gasteiger partial charge in [0.15, 0.2) is 0 Å². The van der Waals surface area contributed by atoms with Crippen molar-refractivity contribution in [2.24, 2.45) is 0 Å². The molecule has 0 saturated carbocycles. The molecular weight excluding hydrogens is 275 g/mol. The summed E-state index contributed by atoms with van der Waals surface area (Å²) in [6, 6.07) is 3.14. The molecule has 18 heavy (non-hydrogen) atoms. The molecule has 0 aliphatic carbocycles. The van der Waals surface area contributed by atoms with E-state index in [1.54, 1.807) is 17.0 Å². The molecule has 1 aliphatic rings. The van der Waals surface area contributed by atoms with Gasteiger partial charge >= 0.3 is 0 Å². The summed E-state index contributed by atoms with van der Waals surface area (Å²) < 4.78 is 5.58. The van der Waals surface area contributed by atoms with Crippen molar-refractivity contribution in [1.82, 2.24) is 9.88 Å². The average molecular weight is 289 g/mol. The number of carbonyl (C=O) groups is 1. The van der Waals surface area contributed by atoms with E-state index in [4.69, 9.17) is 27.9 Å². The molecule has 2 heterocycles. The second-order valence-corrected chi connectivity index (χ2v) is 5.23. The molecule has 1 aromatic rings. The summed E-state index contributed by atoms with van der Waals surface area (Å²) in [4.78, 5) is 18.0. The van der Waals surface area contributed by atoms with Gasteiger partial charge in [-0.05, 0) is 26.0 Å². The fraction of sp³-hybridized carbons (Fsp3) is 0.500. The van der Waals surface area contributed by atoms with Gasteiger partial charge in [0.05, 0.1) is 17.2 Å². The zero-order valence-electron chi connectivity index (χ0n) is 10.2. The molecule has 1 fully saturated rings. The Morgan fingerprint density at radius 1 is 1.33 bits per heavy atom. The molecule has 1 aromatic heterocycles. The fourth-order valence-electron chi connectivity index (χ4n) is 2.06. The highest BCUT2D eigenvalue weighted by molar-refractivity contribution is 6.34. The lowest BCUT2D eigenvalue weighted by atomic mass is 10.2. The van der Waals surface area contributed by atoms with E-state index in [1.807, 2.05) is 13.8 Å². The zero-order valence-corrected chi connectivity index (χ0v) is 11.7. The Morgan fingerprint density at radius 2 is 1.94 bits per heavy atom. The van der Waals surface area contributed by atoms with Crippen molar-refractivity contribution in [3.8, 4) is 0 Å². The second kappa shape index (κ2) is 5.43. The van der Waals surface area contributed by atoms with Gasteiger partial charge in [-0.25, -0.2) is 4.98 Å². The highest BCUT2D eigenvalue weighted by Crippen LogP contribution is 2.20. The highest BCUT2D eigenvalue weighted by atomic mass is 35.5. The Kier molecular flexibility index (Phi) is 4.10. The molecule has 2 rings (SSSR count). The molecule has 1 aliphatic heterocycles. The van der Waals surface area contributed by atoms with Crippen LogP contribution in [0.5, 0.6) is 0 Å². The molecule has 0 aromatic carbocycles. The Balaban J connectivity index is 2.22. The van der Waals surface area contributed by atoms with Crippen LogP contribution in [0.2, 0.25) is 10.2 Å². The number of morpholine rings is 1. The van der Waals surface area contributed by atoms with Crippen LogP contribution < -0.4 is 0 Å². The molecule has 1 saturated heterocycles. The number of hydrogen-bond acceptors (Lipinski definition) is 3. The lowest BCUT2D eigenvalue weighted by molar-refractivity contribution is -0.0587. The van der Waals surface area contributed by atoms with Gasteiger partial charge in [-0.1, -0.05) is 23.2 Å². The van der Waals surface area contributed by atoms with Crippen molar-refractivity contribution in [2.45, 2.75) is 26.1 Å². The minimum atomic E-state index is -0.204. The number of carbonyl (C=O) groups excluding carboxylic acids is 1. The van der Waals surface area contributed by atoms with E-state index in [2.05, 4.69) is 4.98 Å². The standard InChI is InChI=1S/C12H14Cl2N2O2/c1-7-5-16(6-8(2)18-7)12(17)11-9(13)3-4-10(14)15-11/h3-4,7-8H,5-6H2,1-2H3. The Labute approximate surface area is 116 Å². The van der Waals surface area contributed by atoms with Gasteiger partial charge in [0, 0.05) is 13.1 Å². The first-order chi connectivity index (χ1) is 8.47. The number of rotatable bonds is 1. The summed E-state index contributed by atoms with van der Waals surface area (Å²) in [5.41, 5.74) is 0.200. The topological polar surface area (TPSA) is 42.4 Å². The SMILES string of the molecule is CC1CN(C(=O)c2nc(Cl)ccc2Cl)CC(C)O1. The number of halogens is 2. The Hall–Kier alpha value is -0.840. The normalized spacial score (nSPS) is 24.1. The number of amides is 1. The number of aromatic nitrogens is 1. The first kappa shape index (κ1) is 13.6. The molecule has 0 bridgehead atoms. The van der Waals surface area contributed by atoms with Crippen molar-refractivity contribution in [2.75, 3.05) is 13.1 Å². The van der Waals surface area contributed by atoms with Crippen LogP contribution in [0.25, 0.3) is 0 Å². The molecule has 0 radical (unpaired) electrons. The lowest BCUT2D eigenvalue weighted by Crippen LogP contribution is -2.48. The third-order valence-corrected chi connectivity index (χ3v) is 3.24. The van der Waals surface area contributed by atoms with E-state index in [0.717, 1.165) is 0 Å². The van der Waals surface area contributed by atoms with Gasteiger partial charge < -0.3 is 9.64 Å². The molecule has 0 spiro atoms. The van der Waals surface area contributed by atoms with Crippen LogP contribution in [0.4, 0.5) is 0 Å². The largest absolute Gasteiger partial charge is 0.372 e. The van der Waals surface area contributed by atoms with Crippen LogP contribution in [-0.2, 0) is 4.74 Å². The van der Waals surface area contributed by atoms with Gasteiger partial charge in [0.2, 0.25) is 0 Å². The van der Waals surface area contributed by atoms with Gasteiger partial charge in [-0.2, -0.15) is 0 Å². The van der Waals surface area contributed by atoms with Crippen LogP contribution in [0.15, 0.2) is 12.1 Å². The van der Waals surface area contributed by atoms with E-state index in [9.17, 15) is 4.79 Å². The maximum absolute atomic E-state index is 12.3. The minimum absolute atomic E-state index is 0.00987. The maximum atomic E-state index is 12.3. The third kappa shape index (κ3) is 2.94. The first-order valence-corrected chi connectivity index (χ1v) is 6.49. The van der Waals surface area contributed by atoms with E-state index in [1.165, 1.54) is 0 Å². The van der Waals surface area contributed by atoms with Crippen LogP contribution in [-0.4, -0.2) is 41.1 Å². The summed E-state index contributed by atoms with van der Waals surface area (Å²) in [5.74, 6) is -0.204.